The fourth-order valence-corrected chi connectivity index (χ4v) is 6.14. The van der Waals surface area contributed by atoms with Crippen molar-refractivity contribution in [1.82, 2.24) is 0 Å². The molecule has 0 amide bonds. The summed E-state index contributed by atoms with van der Waals surface area (Å²) in [7, 11) is -4.48. The van der Waals surface area contributed by atoms with Gasteiger partial charge in [0, 0.05) is 41.5 Å². The Kier molecular flexibility index (Phi) is 14.4. The van der Waals surface area contributed by atoms with E-state index in [-0.39, 0.29) is 4.90 Å². The predicted octanol–water partition coefficient (Wildman–Crippen LogP) is -0.251. The lowest BCUT2D eigenvalue weighted by Gasteiger charge is -2.48. The molecule has 1 aromatic rings. The first-order chi connectivity index (χ1) is 23.8. The minimum absolute atomic E-state index is 0.240. The number of aliphatic hydroxyl groups excluding tert-OH is 1. The van der Waals surface area contributed by atoms with Gasteiger partial charge < -0.3 is 47.7 Å². The summed E-state index contributed by atoms with van der Waals surface area (Å²) in [5.41, 5.74) is 0.756. The first-order valence-corrected chi connectivity index (χ1v) is 16.8. The van der Waals surface area contributed by atoms with Gasteiger partial charge in [-0.2, -0.15) is 8.42 Å². The molecule has 0 spiro atoms. The van der Waals surface area contributed by atoms with Crippen molar-refractivity contribution < 1.29 is 89.1 Å². The lowest BCUT2D eigenvalue weighted by atomic mass is 9.96. The lowest BCUT2D eigenvalue weighted by Crippen LogP contribution is -2.67. The van der Waals surface area contributed by atoms with Crippen LogP contribution in [0.5, 0.6) is 0 Å². The Morgan fingerprint density at radius 2 is 1.06 bits per heavy atom. The Hall–Kier alpha value is -4.21. The van der Waals surface area contributed by atoms with Gasteiger partial charge in [0.2, 0.25) is 0 Å². The van der Waals surface area contributed by atoms with Crippen LogP contribution < -0.4 is 0 Å². The Morgan fingerprint density at radius 1 is 0.608 bits per heavy atom. The molecular formula is C31H40O19S. The van der Waals surface area contributed by atoms with Gasteiger partial charge in [-0.05, 0) is 19.1 Å². The number of hydrogen-bond acceptors (Lipinski definition) is 19. The van der Waals surface area contributed by atoms with Crippen LogP contribution in [0.25, 0.3) is 0 Å². The molecule has 0 unspecified atom stereocenters. The zero-order chi connectivity index (χ0) is 38.2. The summed E-state index contributed by atoms with van der Waals surface area (Å²) in [6.07, 6.45) is -17.5. The topological polar surface area (TPSA) is 249 Å². The molecule has 2 fully saturated rings. The standard InChI is InChI=1S/C31H40O19S/c1-14-8-10-21(11-9-14)51(39,40)42-13-23-25(26(44-17(4)34)28(30(38)48-23)46-19(6)36)50-31-29(47-20(7)37)27(45-18(5)35)24(43-16(3)33)22(49-31)12-41-15(2)32/h8-11,22-31,38H,12-13H2,1-7H3/t22-,23-,24-,25-,26+,27+,28-,29-,30-,31-/m1/s1. The third-order valence-corrected chi connectivity index (χ3v) is 8.45. The zero-order valence-corrected chi connectivity index (χ0v) is 29.5. The molecule has 1 N–H and O–H groups in total. The maximum atomic E-state index is 13.1. The van der Waals surface area contributed by atoms with Crippen LogP contribution in [0.15, 0.2) is 29.2 Å². The van der Waals surface area contributed by atoms with Crippen LogP contribution in [0.4, 0.5) is 0 Å². The summed E-state index contributed by atoms with van der Waals surface area (Å²) in [5.74, 6) is -5.52. The van der Waals surface area contributed by atoms with Gasteiger partial charge in [0.1, 0.15) is 24.9 Å². The van der Waals surface area contributed by atoms with Gasteiger partial charge in [-0.15, -0.1) is 0 Å². The molecule has 0 aromatic heterocycles. The highest BCUT2D eigenvalue weighted by molar-refractivity contribution is 7.86. The number of aryl methyl sites for hydroxylation is 1. The Bertz CT molecular complexity index is 1540. The van der Waals surface area contributed by atoms with Crippen molar-refractivity contribution in [3.05, 3.63) is 29.8 Å². The summed E-state index contributed by atoms with van der Waals surface area (Å²) >= 11 is 0. The van der Waals surface area contributed by atoms with Crippen LogP contribution in [0.3, 0.4) is 0 Å². The number of benzene rings is 1. The molecule has 2 saturated heterocycles. The van der Waals surface area contributed by atoms with Gasteiger partial charge in [-0.3, -0.25) is 33.0 Å². The SMILES string of the molecule is CC(=O)OC[C@H]1O[C@H](O[C@H]2[C@H](OC(C)=O)[C@@H](OC(C)=O)[C@H](O)O[C@@H]2COS(=O)(=O)c2ccc(C)cc2)[C@H](OC(C)=O)[C@@H](OC(C)=O)[C@@H]1OC(C)=O. The fraction of sp³-hybridized carbons (Fsp3) is 0.613. The molecule has 2 aliphatic rings. The second kappa shape index (κ2) is 17.8. The van der Waals surface area contributed by atoms with Crippen molar-refractivity contribution in [2.75, 3.05) is 13.2 Å². The molecule has 0 radical (unpaired) electrons. The molecular weight excluding hydrogens is 708 g/mol. The van der Waals surface area contributed by atoms with Crippen LogP contribution in [-0.2, 0) is 85.7 Å². The summed E-state index contributed by atoms with van der Waals surface area (Å²) in [4.78, 5) is 72.6. The van der Waals surface area contributed by atoms with E-state index in [0.29, 0.717) is 0 Å². The monoisotopic (exact) mass is 748 g/mol. The Labute approximate surface area is 292 Å². The van der Waals surface area contributed by atoms with Crippen molar-refractivity contribution in [3.63, 3.8) is 0 Å². The predicted molar refractivity (Wildman–Crippen MR) is 163 cm³/mol. The first kappa shape index (κ1) is 41.2. The normalized spacial score (nSPS) is 29.2. The van der Waals surface area contributed by atoms with Gasteiger partial charge in [0.25, 0.3) is 10.1 Å². The van der Waals surface area contributed by atoms with Crippen LogP contribution in [-0.4, -0.2) is 124 Å². The zero-order valence-electron chi connectivity index (χ0n) is 28.7. The van der Waals surface area contributed by atoms with Gasteiger partial charge in [0.05, 0.1) is 11.5 Å². The molecule has 0 aliphatic carbocycles. The van der Waals surface area contributed by atoms with E-state index >= 15 is 0 Å². The minimum Gasteiger partial charge on any atom is -0.463 e. The molecule has 284 valence electrons. The number of ether oxygens (including phenoxy) is 9. The molecule has 20 heteroatoms. The molecule has 2 aliphatic heterocycles. The van der Waals surface area contributed by atoms with Gasteiger partial charge in [0.15, 0.2) is 43.1 Å². The summed E-state index contributed by atoms with van der Waals surface area (Å²) in [6.45, 7) is 6.24. The number of hydrogen-bond donors (Lipinski definition) is 1. The van der Waals surface area contributed by atoms with E-state index in [4.69, 9.17) is 46.8 Å². The van der Waals surface area contributed by atoms with Crippen LogP contribution in [0.1, 0.15) is 47.1 Å². The fourth-order valence-electron chi connectivity index (χ4n) is 5.22. The number of carbonyl (C=O) groups excluding carboxylic acids is 6. The molecule has 0 saturated carbocycles. The van der Waals surface area contributed by atoms with Gasteiger partial charge in [-0.1, -0.05) is 17.7 Å². The number of aliphatic hydroxyl groups is 1. The average Bonchev–Trinajstić information content (AvgIpc) is 3.00. The highest BCUT2D eigenvalue weighted by atomic mass is 32.2. The van der Waals surface area contributed by atoms with E-state index in [9.17, 15) is 42.3 Å². The van der Waals surface area contributed by atoms with Gasteiger partial charge in [-0.25, -0.2) is 0 Å². The summed E-state index contributed by atoms with van der Waals surface area (Å²) in [6, 6.07) is 5.61. The van der Waals surface area contributed by atoms with Crippen molar-refractivity contribution in [1.29, 1.82) is 0 Å². The third kappa shape index (κ3) is 11.7. The van der Waals surface area contributed by atoms with Crippen molar-refractivity contribution in [3.8, 4) is 0 Å². The molecule has 2 heterocycles. The second-order valence-electron chi connectivity index (χ2n) is 11.4. The second-order valence-corrected chi connectivity index (χ2v) is 13.0. The lowest BCUT2D eigenvalue weighted by molar-refractivity contribution is -0.356. The van der Waals surface area contributed by atoms with Crippen molar-refractivity contribution in [2.45, 2.75) is 115 Å². The highest BCUT2D eigenvalue weighted by Crippen LogP contribution is 2.35. The van der Waals surface area contributed by atoms with Crippen LogP contribution in [0, 0.1) is 6.92 Å². The van der Waals surface area contributed by atoms with E-state index in [1.54, 1.807) is 6.92 Å². The van der Waals surface area contributed by atoms with E-state index in [1.807, 2.05) is 0 Å². The van der Waals surface area contributed by atoms with E-state index < -0.39 is 121 Å². The first-order valence-electron chi connectivity index (χ1n) is 15.4. The smallest absolute Gasteiger partial charge is 0.303 e. The maximum absolute atomic E-state index is 13.1. The maximum Gasteiger partial charge on any atom is 0.303 e. The molecule has 3 rings (SSSR count). The third-order valence-electron chi connectivity index (χ3n) is 7.15. The summed E-state index contributed by atoms with van der Waals surface area (Å²) in [5, 5.41) is 10.9. The van der Waals surface area contributed by atoms with Crippen LogP contribution >= 0.6 is 0 Å². The van der Waals surface area contributed by atoms with Crippen LogP contribution in [0.2, 0.25) is 0 Å². The minimum atomic E-state index is -4.48. The summed E-state index contributed by atoms with van der Waals surface area (Å²) < 4.78 is 81.0. The van der Waals surface area contributed by atoms with E-state index in [1.165, 1.54) is 24.3 Å². The van der Waals surface area contributed by atoms with Crippen molar-refractivity contribution >= 4 is 45.9 Å². The average molecular weight is 749 g/mol. The molecule has 1 aromatic carbocycles. The molecule has 19 nitrogen and oxygen atoms in total. The van der Waals surface area contributed by atoms with E-state index in [0.717, 1.165) is 47.1 Å². The Morgan fingerprint density at radius 3 is 1.57 bits per heavy atom. The molecule has 51 heavy (non-hydrogen) atoms. The number of rotatable bonds is 13. The number of carbonyl (C=O) groups is 6. The molecule has 0 bridgehead atoms. The quantitative estimate of drug-likeness (QED) is 0.155. The molecule has 10 atom stereocenters. The Balaban J connectivity index is 2.13. The number of esters is 6. The largest absolute Gasteiger partial charge is 0.463 e. The highest BCUT2D eigenvalue weighted by Gasteiger charge is 2.57. The van der Waals surface area contributed by atoms with Crippen molar-refractivity contribution in [2.24, 2.45) is 0 Å². The van der Waals surface area contributed by atoms with E-state index in [2.05, 4.69) is 0 Å². The van der Waals surface area contributed by atoms with Gasteiger partial charge >= 0.3 is 35.8 Å².